The van der Waals surface area contributed by atoms with Crippen molar-refractivity contribution in [3.8, 4) is 5.75 Å². The number of nitrogens with zero attached hydrogens (tertiary/aromatic N) is 1. The minimum atomic E-state index is 0.250. The fourth-order valence-electron chi connectivity index (χ4n) is 0.949. The van der Waals surface area contributed by atoms with Crippen molar-refractivity contribution in [3.05, 3.63) is 28.2 Å². The number of halogens is 1. The molecular weight excluding hydrogens is 242 g/mol. The summed E-state index contributed by atoms with van der Waals surface area (Å²) < 4.78 is 0.700. The van der Waals surface area contributed by atoms with Gasteiger partial charge in [-0.25, -0.2) is 0 Å². The summed E-state index contributed by atoms with van der Waals surface area (Å²) in [4.78, 5) is 4.31. The number of aromatic hydroxyl groups is 1. The number of aliphatic imine (C=N–C) groups is 1. The number of rotatable bonds is 3. The molecule has 0 spiro atoms. The Balaban J connectivity index is 2.86. The Morgan fingerprint density at radius 2 is 2.29 bits per heavy atom. The minimum absolute atomic E-state index is 0.250. The number of para-hydroxylation sites is 1. The van der Waals surface area contributed by atoms with Crippen molar-refractivity contribution in [3.63, 3.8) is 0 Å². The van der Waals surface area contributed by atoms with Crippen LogP contribution in [0.15, 0.2) is 27.7 Å². The summed E-state index contributed by atoms with van der Waals surface area (Å²) in [5.41, 5.74) is 0.750. The Bertz CT molecular complexity index is 336. The zero-order valence-electron chi connectivity index (χ0n) is 8.37. The lowest BCUT2D eigenvalue weighted by Crippen LogP contribution is -1.95. The maximum absolute atomic E-state index is 9.65. The van der Waals surface area contributed by atoms with Crippen LogP contribution in [-0.2, 0) is 0 Å². The third kappa shape index (κ3) is 2.84. The van der Waals surface area contributed by atoms with Gasteiger partial charge in [-0.15, -0.1) is 0 Å². The first kappa shape index (κ1) is 11.2. The van der Waals surface area contributed by atoms with Gasteiger partial charge in [0.15, 0.2) is 0 Å². The van der Waals surface area contributed by atoms with Gasteiger partial charge in [-0.1, -0.05) is 13.0 Å². The van der Waals surface area contributed by atoms with E-state index in [0.717, 1.165) is 12.0 Å². The largest absolute Gasteiger partial charge is 0.506 e. The quantitative estimate of drug-likeness (QED) is 0.826. The van der Waals surface area contributed by atoms with E-state index in [-0.39, 0.29) is 5.75 Å². The predicted octanol–water partition coefficient (Wildman–Crippen LogP) is 3.37. The Kier molecular flexibility index (Phi) is 4.14. The summed E-state index contributed by atoms with van der Waals surface area (Å²) in [6, 6.07) is 5.82. The molecule has 3 heteroatoms. The molecule has 1 N–H and O–H groups in total. The van der Waals surface area contributed by atoms with Crippen molar-refractivity contribution in [2.75, 3.05) is 0 Å². The van der Waals surface area contributed by atoms with Crippen LogP contribution < -0.4 is 0 Å². The van der Waals surface area contributed by atoms with Crippen molar-refractivity contribution < 1.29 is 5.11 Å². The maximum Gasteiger partial charge on any atom is 0.138 e. The highest BCUT2D eigenvalue weighted by Gasteiger charge is 2.01. The predicted molar refractivity (Wildman–Crippen MR) is 63.2 cm³/mol. The monoisotopic (exact) mass is 255 g/mol. The first-order valence-corrected chi connectivity index (χ1v) is 5.45. The number of benzene rings is 1. The van der Waals surface area contributed by atoms with Gasteiger partial charge in [0, 0.05) is 17.8 Å². The molecule has 0 bridgehead atoms. The van der Waals surface area contributed by atoms with Crippen LogP contribution in [0.25, 0.3) is 0 Å². The van der Waals surface area contributed by atoms with Crippen molar-refractivity contribution >= 4 is 22.1 Å². The lowest BCUT2D eigenvalue weighted by molar-refractivity contribution is 0.471. The molecule has 2 nitrogen and oxygen atoms in total. The molecule has 0 fully saturated rings. The van der Waals surface area contributed by atoms with Crippen molar-refractivity contribution in [1.29, 1.82) is 0 Å². The highest BCUT2D eigenvalue weighted by Crippen LogP contribution is 2.26. The van der Waals surface area contributed by atoms with E-state index in [1.165, 1.54) is 0 Å². The molecule has 0 heterocycles. The SMILES string of the molecule is CCC(C)N=Cc1cccc(Br)c1O. The second-order valence-electron chi connectivity index (χ2n) is 3.21. The zero-order chi connectivity index (χ0) is 10.6. The summed E-state index contributed by atoms with van der Waals surface area (Å²) >= 11 is 3.26. The fraction of sp³-hybridized carbons (Fsp3) is 0.364. The van der Waals surface area contributed by atoms with Gasteiger partial charge < -0.3 is 5.11 Å². The first-order chi connectivity index (χ1) is 6.65. The van der Waals surface area contributed by atoms with Crippen LogP contribution >= 0.6 is 15.9 Å². The van der Waals surface area contributed by atoms with Crippen LogP contribution in [0, 0.1) is 0 Å². The highest BCUT2D eigenvalue weighted by atomic mass is 79.9. The zero-order valence-corrected chi connectivity index (χ0v) is 9.95. The first-order valence-electron chi connectivity index (χ1n) is 4.65. The summed E-state index contributed by atoms with van der Waals surface area (Å²) in [6.45, 7) is 4.13. The standard InChI is InChI=1S/C11H14BrNO/c1-3-8(2)13-7-9-5-4-6-10(12)11(9)14/h4-8,14H,3H2,1-2H3. The molecule has 1 aromatic carbocycles. The Morgan fingerprint density at radius 1 is 1.57 bits per heavy atom. The Morgan fingerprint density at radius 3 is 2.93 bits per heavy atom. The third-order valence-electron chi connectivity index (χ3n) is 2.08. The van der Waals surface area contributed by atoms with Crippen LogP contribution in [0.5, 0.6) is 5.75 Å². The molecule has 1 atom stereocenters. The molecule has 1 aromatic rings. The second kappa shape index (κ2) is 5.15. The molecule has 0 aliphatic heterocycles. The molecule has 0 saturated carbocycles. The van der Waals surface area contributed by atoms with E-state index >= 15 is 0 Å². The number of phenolic OH excluding ortho intramolecular Hbond substituents is 1. The third-order valence-corrected chi connectivity index (χ3v) is 2.72. The molecule has 76 valence electrons. The Hall–Kier alpha value is -0.830. The van der Waals surface area contributed by atoms with Crippen molar-refractivity contribution in [2.24, 2.45) is 4.99 Å². The van der Waals surface area contributed by atoms with E-state index in [9.17, 15) is 5.11 Å². The number of phenols is 1. The second-order valence-corrected chi connectivity index (χ2v) is 4.07. The average molecular weight is 256 g/mol. The lowest BCUT2D eigenvalue weighted by Gasteiger charge is -2.02. The maximum atomic E-state index is 9.65. The summed E-state index contributed by atoms with van der Waals surface area (Å²) in [5, 5.41) is 9.65. The molecule has 0 amide bonds. The molecule has 1 unspecified atom stereocenters. The van der Waals surface area contributed by atoms with Crippen molar-refractivity contribution in [1.82, 2.24) is 0 Å². The van der Waals surface area contributed by atoms with E-state index in [4.69, 9.17) is 0 Å². The molecule has 0 aromatic heterocycles. The normalized spacial score (nSPS) is 13.4. The highest BCUT2D eigenvalue weighted by molar-refractivity contribution is 9.10. The smallest absolute Gasteiger partial charge is 0.138 e. The molecule has 0 aliphatic carbocycles. The topological polar surface area (TPSA) is 32.6 Å². The van der Waals surface area contributed by atoms with Gasteiger partial charge in [0.05, 0.1) is 4.47 Å². The molecular formula is C11H14BrNO. The lowest BCUT2D eigenvalue weighted by atomic mass is 10.2. The van der Waals surface area contributed by atoms with Crippen LogP contribution in [-0.4, -0.2) is 17.4 Å². The minimum Gasteiger partial charge on any atom is -0.506 e. The van der Waals surface area contributed by atoms with Gasteiger partial charge in [-0.3, -0.25) is 4.99 Å². The van der Waals surface area contributed by atoms with Gasteiger partial charge in [0.1, 0.15) is 5.75 Å². The van der Waals surface area contributed by atoms with Gasteiger partial charge >= 0.3 is 0 Å². The van der Waals surface area contributed by atoms with Gasteiger partial charge in [0.25, 0.3) is 0 Å². The molecule has 1 rings (SSSR count). The van der Waals surface area contributed by atoms with Gasteiger partial charge in [-0.05, 0) is 41.4 Å². The summed E-state index contributed by atoms with van der Waals surface area (Å²) in [6.07, 6.45) is 2.72. The van der Waals surface area contributed by atoms with E-state index < -0.39 is 0 Å². The molecule has 0 saturated heterocycles. The van der Waals surface area contributed by atoms with Crippen LogP contribution in [0.4, 0.5) is 0 Å². The Labute approximate surface area is 92.8 Å². The summed E-state index contributed by atoms with van der Waals surface area (Å²) in [7, 11) is 0. The van der Waals surface area contributed by atoms with E-state index in [0.29, 0.717) is 10.5 Å². The van der Waals surface area contributed by atoms with Crippen LogP contribution in [0.2, 0.25) is 0 Å². The van der Waals surface area contributed by atoms with Gasteiger partial charge in [-0.2, -0.15) is 0 Å². The molecule has 14 heavy (non-hydrogen) atoms. The van der Waals surface area contributed by atoms with Crippen LogP contribution in [0.3, 0.4) is 0 Å². The van der Waals surface area contributed by atoms with Crippen LogP contribution in [0.1, 0.15) is 25.8 Å². The van der Waals surface area contributed by atoms with E-state index in [1.54, 1.807) is 12.3 Å². The number of hydrogen-bond acceptors (Lipinski definition) is 2. The average Bonchev–Trinajstić information content (AvgIpc) is 2.20. The molecule has 0 aliphatic rings. The number of hydrogen-bond donors (Lipinski definition) is 1. The van der Waals surface area contributed by atoms with Crippen molar-refractivity contribution in [2.45, 2.75) is 26.3 Å². The fourth-order valence-corrected chi connectivity index (χ4v) is 1.33. The molecule has 0 radical (unpaired) electrons. The summed E-state index contributed by atoms with van der Waals surface area (Å²) in [5.74, 6) is 0.250. The van der Waals surface area contributed by atoms with E-state index in [1.807, 2.05) is 19.1 Å². The van der Waals surface area contributed by atoms with Gasteiger partial charge in [0.2, 0.25) is 0 Å². The van der Waals surface area contributed by atoms with E-state index in [2.05, 4.69) is 27.8 Å².